The summed E-state index contributed by atoms with van der Waals surface area (Å²) in [4.78, 5) is 14.4. The molecule has 1 saturated heterocycles. The molecule has 0 spiro atoms. The summed E-state index contributed by atoms with van der Waals surface area (Å²) < 4.78 is 43.3. The minimum absolute atomic E-state index is 0.114. The third-order valence-corrected chi connectivity index (χ3v) is 5.13. The van der Waals surface area contributed by atoms with Crippen LogP contribution in [0.4, 0.5) is 18.9 Å². The topological polar surface area (TPSA) is 65.7 Å². The number of anilines is 1. The van der Waals surface area contributed by atoms with Crippen LogP contribution in [0, 0.1) is 5.92 Å². The molecule has 2 N–H and O–H groups in total. The van der Waals surface area contributed by atoms with E-state index < -0.39 is 11.7 Å². The monoisotopic (exact) mass is 410 g/mol. The number of aliphatic hydroxyl groups is 1. The number of amides is 1. The van der Waals surface area contributed by atoms with Gasteiger partial charge < -0.3 is 14.8 Å². The number of furan rings is 1. The molecule has 8 heteroatoms. The number of rotatable bonds is 7. The fourth-order valence-electron chi connectivity index (χ4n) is 3.64. The van der Waals surface area contributed by atoms with E-state index in [0.717, 1.165) is 50.2 Å². The molecule has 0 aliphatic carbocycles. The van der Waals surface area contributed by atoms with Crippen LogP contribution in [0.2, 0.25) is 0 Å². The summed E-state index contributed by atoms with van der Waals surface area (Å²) in [6, 6.07) is 8.10. The van der Waals surface area contributed by atoms with Gasteiger partial charge in [0, 0.05) is 18.7 Å². The average molecular weight is 410 g/mol. The van der Waals surface area contributed by atoms with E-state index in [4.69, 9.17) is 9.52 Å². The third-order valence-electron chi connectivity index (χ3n) is 5.13. The fourth-order valence-corrected chi connectivity index (χ4v) is 3.64. The molecule has 0 unspecified atom stereocenters. The van der Waals surface area contributed by atoms with Crippen molar-refractivity contribution in [3.8, 4) is 0 Å². The van der Waals surface area contributed by atoms with Gasteiger partial charge in [-0.3, -0.25) is 9.69 Å². The lowest BCUT2D eigenvalue weighted by molar-refractivity contribution is -0.137. The summed E-state index contributed by atoms with van der Waals surface area (Å²) in [5.74, 6) is 1.55. The largest absolute Gasteiger partial charge is 0.462 e. The zero-order valence-electron chi connectivity index (χ0n) is 16.0. The van der Waals surface area contributed by atoms with E-state index in [0.29, 0.717) is 30.3 Å². The van der Waals surface area contributed by atoms with E-state index in [9.17, 15) is 18.0 Å². The first kappa shape index (κ1) is 21.4. The van der Waals surface area contributed by atoms with Gasteiger partial charge in [0.15, 0.2) is 0 Å². The van der Waals surface area contributed by atoms with E-state index in [2.05, 4.69) is 10.2 Å². The van der Waals surface area contributed by atoms with Crippen molar-refractivity contribution in [1.82, 2.24) is 4.90 Å². The van der Waals surface area contributed by atoms with Crippen molar-refractivity contribution in [3.63, 3.8) is 0 Å². The Morgan fingerprint density at radius 2 is 1.90 bits per heavy atom. The Kier molecular flexibility index (Phi) is 6.97. The lowest BCUT2D eigenvalue weighted by Gasteiger charge is -2.32. The molecule has 1 atom stereocenters. The molecular formula is C21H25F3N2O3. The van der Waals surface area contributed by atoms with Gasteiger partial charge in [-0.1, -0.05) is 0 Å². The predicted molar refractivity (Wildman–Crippen MR) is 102 cm³/mol. The zero-order valence-corrected chi connectivity index (χ0v) is 16.0. The second-order valence-electron chi connectivity index (χ2n) is 7.43. The van der Waals surface area contributed by atoms with Crippen LogP contribution in [-0.4, -0.2) is 29.0 Å². The Hall–Kier alpha value is -2.32. The van der Waals surface area contributed by atoms with Gasteiger partial charge in [-0.15, -0.1) is 0 Å². The number of carbonyl (C=O) groups excluding carboxylic acids is 1. The van der Waals surface area contributed by atoms with E-state index in [-0.39, 0.29) is 12.5 Å². The lowest BCUT2D eigenvalue weighted by Crippen LogP contribution is -2.35. The summed E-state index contributed by atoms with van der Waals surface area (Å²) in [6.45, 7) is 2.39. The minimum atomic E-state index is -4.38. The molecule has 1 fully saturated rings. The van der Waals surface area contributed by atoms with Crippen molar-refractivity contribution in [3.05, 3.63) is 53.5 Å². The quantitative estimate of drug-likeness (QED) is 0.709. The van der Waals surface area contributed by atoms with Crippen molar-refractivity contribution >= 4 is 11.6 Å². The van der Waals surface area contributed by atoms with E-state index in [1.165, 1.54) is 12.1 Å². The SMILES string of the molecule is O=C(CC[C@H]1CCCN(Cc2ccc(CO)o2)C1)Nc1ccc(C(F)(F)F)cc1. The van der Waals surface area contributed by atoms with Gasteiger partial charge in [0.2, 0.25) is 5.91 Å². The molecule has 1 aromatic carbocycles. The minimum Gasteiger partial charge on any atom is -0.462 e. The third kappa shape index (κ3) is 6.33. The number of piperidine rings is 1. The maximum atomic E-state index is 12.6. The highest BCUT2D eigenvalue weighted by atomic mass is 19.4. The van der Waals surface area contributed by atoms with Gasteiger partial charge in [0.05, 0.1) is 12.1 Å². The number of nitrogens with zero attached hydrogens (tertiary/aromatic N) is 1. The van der Waals surface area contributed by atoms with Gasteiger partial charge in [-0.25, -0.2) is 0 Å². The van der Waals surface area contributed by atoms with Gasteiger partial charge in [0.25, 0.3) is 0 Å². The van der Waals surface area contributed by atoms with Crippen molar-refractivity contribution < 1.29 is 27.5 Å². The summed E-state index contributed by atoms with van der Waals surface area (Å²) in [6.07, 6.45) is -1.24. The highest BCUT2D eigenvalue weighted by Gasteiger charge is 2.30. The molecule has 1 aromatic heterocycles. The molecule has 1 aliphatic heterocycles. The van der Waals surface area contributed by atoms with Gasteiger partial charge in [-0.2, -0.15) is 13.2 Å². The van der Waals surface area contributed by atoms with E-state index >= 15 is 0 Å². The normalized spacial score (nSPS) is 18.0. The highest BCUT2D eigenvalue weighted by Crippen LogP contribution is 2.30. The van der Waals surface area contributed by atoms with Gasteiger partial charge >= 0.3 is 6.18 Å². The first-order chi connectivity index (χ1) is 13.8. The number of likely N-dealkylation sites (tertiary alicyclic amines) is 1. The molecule has 5 nitrogen and oxygen atoms in total. The van der Waals surface area contributed by atoms with Crippen LogP contribution in [0.5, 0.6) is 0 Å². The van der Waals surface area contributed by atoms with Gasteiger partial charge in [-0.05, 0) is 68.1 Å². The number of hydrogen-bond donors (Lipinski definition) is 2. The molecule has 0 bridgehead atoms. The van der Waals surface area contributed by atoms with Gasteiger partial charge in [0.1, 0.15) is 18.1 Å². The average Bonchev–Trinajstić information content (AvgIpc) is 3.14. The molecule has 0 radical (unpaired) electrons. The summed E-state index contributed by atoms with van der Waals surface area (Å²) in [7, 11) is 0. The van der Waals surface area contributed by atoms with Crippen LogP contribution in [0.15, 0.2) is 40.8 Å². The molecule has 2 heterocycles. The second kappa shape index (κ2) is 9.45. The Morgan fingerprint density at radius 3 is 2.55 bits per heavy atom. The van der Waals surface area contributed by atoms with Crippen molar-refractivity contribution in [2.75, 3.05) is 18.4 Å². The van der Waals surface area contributed by atoms with Crippen molar-refractivity contribution in [1.29, 1.82) is 0 Å². The Labute approximate surface area is 167 Å². The molecule has 3 rings (SSSR count). The first-order valence-electron chi connectivity index (χ1n) is 9.71. The molecule has 1 aliphatic rings. The summed E-state index contributed by atoms with van der Waals surface area (Å²) >= 11 is 0. The van der Waals surface area contributed by atoms with Crippen LogP contribution in [0.25, 0.3) is 0 Å². The number of carbonyl (C=O) groups is 1. The van der Waals surface area contributed by atoms with E-state index in [1.54, 1.807) is 6.07 Å². The molecular weight excluding hydrogens is 385 g/mol. The highest BCUT2D eigenvalue weighted by molar-refractivity contribution is 5.90. The maximum Gasteiger partial charge on any atom is 0.416 e. The van der Waals surface area contributed by atoms with Crippen LogP contribution >= 0.6 is 0 Å². The molecule has 1 amide bonds. The number of alkyl halides is 3. The van der Waals surface area contributed by atoms with E-state index in [1.807, 2.05) is 6.07 Å². The Balaban J connectivity index is 1.43. The molecule has 0 saturated carbocycles. The van der Waals surface area contributed by atoms with Crippen LogP contribution in [0.1, 0.15) is 42.8 Å². The molecule has 29 heavy (non-hydrogen) atoms. The fraction of sp³-hybridized carbons (Fsp3) is 0.476. The molecule has 158 valence electrons. The summed E-state index contributed by atoms with van der Waals surface area (Å²) in [5.41, 5.74) is -0.369. The number of benzene rings is 1. The van der Waals surface area contributed by atoms with Crippen molar-refractivity contribution in [2.24, 2.45) is 5.92 Å². The Bertz CT molecular complexity index is 802. The molecule has 2 aromatic rings. The number of hydrogen-bond acceptors (Lipinski definition) is 4. The van der Waals surface area contributed by atoms with Crippen LogP contribution in [0.3, 0.4) is 0 Å². The Morgan fingerprint density at radius 1 is 1.17 bits per heavy atom. The summed E-state index contributed by atoms with van der Waals surface area (Å²) in [5, 5.41) is 11.7. The van der Waals surface area contributed by atoms with Crippen molar-refractivity contribution in [2.45, 2.75) is 45.0 Å². The van der Waals surface area contributed by atoms with Crippen LogP contribution < -0.4 is 5.32 Å². The smallest absolute Gasteiger partial charge is 0.416 e. The number of nitrogens with one attached hydrogen (secondary N) is 1. The number of aliphatic hydroxyl groups excluding tert-OH is 1. The standard InChI is InChI=1S/C21H25F3N2O3/c22-21(23,24)16-4-6-17(7-5-16)25-20(28)10-3-15-2-1-11-26(12-15)13-18-8-9-19(14-27)29-18/h4-9,15,27H,1-3,10-14H2,(H,25,28)/t15-/m1/s1. The first-order valence-corrected chi connectivity index (χ1v) is 9.71. The second-order valence-corrected chi connectivity index (χ2v) is 7.43. The predicted octanol–water partition coefficient (Wildman–Crippen LogP) is 4.42. The number of halogens is 3. The zero-order chi connectivity index (χ0) is 20.9. The van der Waals surface area contributed by atoms with Crippen LogP contribution in [-0.2, 0) is 24.1 Å². The lowest BCUT2D eigenvalue weighted by atomic mass is 9.93. The maximum absolute atomic E-state index is 12.6.